The van der Waals surface area contributed by atoms with E-state index in [0.29, 0.717) is 18.8 Å². The van der Waals surface area contributed by atoms with Gasteiger partial charge in [-0.3, -0.25) is 4.79 Å². The summed E-state index contributed by atoms with van der Waals surface area (Å²) in [6.45, 7) is 0.333. The number of benzene rings is 1. The fourth-order valence-corrected chi connectivity index (χ4v) is 3.92. The topological polar surface area (TPSA) is 77.9 Å². The minimum Gasteiger partial charge on any atom is -0.480 e. The number of hydrogen-bond donors (Lipinski definition) is 1. The van der Waals surface area contributed by atoms with Crippen LogP contribution in [0.1, 0.15) is 19.3 Å². The molecule has 0 saturated carbocycles. The van der Waals surface area contributed by atoms with Crippen molar-refractivity contribution in [1.29, 1.82) is 0 Å². The zero-order chi connectivity index (χ0) is 14.6. The van der Waals surface area contributed by atoms with Crippen LogP contribution in [0.5, 0.6) is 0 Å². The molecule has 0 aromatic heterocycles. The third-order valence-electron chi connectivity index (χ3n) is 3.24. The third kappa shape index (κ3) is 3.29. The van der Waals surface area contributed by atoms with Crippen LogP contribution in [0, 0.1) is 0 Å². The lowest BCUT2D eigenvalue weighted by atomic mass is 10.2. The van der Waals surface area contributed by atoms with E-state index in [2.05, 4.69) is 0 Å². The number of aliphatic carboxylic acids is 1. The fraction of sp³-hybridized carbons (Fsp3) is 0.462. The third-order valence-corrected chi connectivity index (χ3v) is 5.16. The van der Waals surface area contributed by atoms with Gasteiger partial charge in [0.1, 0.15) is 6.54 Å². The molecule has 7 heteroatoms. The number of carboxylic acid groups (broad SMARTS) is 1. The smallest absolute Gasteiger partial charge is 0.324 e. The van der Waals surface area contributed by atoms with Crippen molar-refractivity contribution in [3.8, 4) is 0 Å². The Labute approximate surface area is 118 Å². The van der Waals surface area contributed by atoms with E-state index in [1.807, 2.05) is 0 Å². The van der Waals surface area contributed by atoms with Gasteiger partial charge >= 0.3 is 16.2 Å². The molecule has 6 nitrogen and oxygen atoms in total. The Morgan fingerprint density at radius 1 is 1.15 bits per heavy atom. The predicted molar refractivity (Wildman–Crippen MR) is 75.8 cm³/mol. The molecular weight excluding hydrogens is 280 g/mol. The van der Waals surface area contributed by atoms with Crippen molar-refractivity contribution in [2.24, 2.45) is 0 Å². The highest BCUT2D eigenvalue weighted by atomic mass is 32.2. The Morgan fingerprint density at radius 3 is 2.30 bits per heavy atom. The number of anilines is 1. The summed E-state index contributed by atoms with van der Waals surface area (Å²) in [4.78, 5) is 11.0. The van der Waals surface area contributed by atoms with Crippen molar-refractivity contribution in [2.45, 2.75) is 19.3 Å². The normalized spacial score (nSPS) is 16.8. The van der Waals surface area contributed by atoms with Crippen LogP contribution in [-0.2, 0) is 15.0 Å². The first-order valence-corrected chi connectivity index (χ1v) is 7.96. The molecule has 0 unspecified atom stereocenters. The van der Waals surface area contributed by atoms with Gasteiger partial charge in [-0.15, -0.1) is 0 Å². The number of hydrogen-bond acceptors (Lipinski definition) is 3. The summed E-state index contributed by atoms with van der Waals surface area (Å²) < 4.78 is 27.5. The average molecular weight is 298 g/mol. The van der Waals surface area contributed by atoms with E-state index in [4.69, 9.17) is 5.11 Å². The van der Waals surface area contributed by atoms with Crippen molar-refractivity contribution in [2.75, 3.05) is 23.9 Å². The van der Waals surface area contributed by atoms with Crippen molar-refractivity contribution >= 4 is 21.9 Å². The van der Waals surface area contributed by atoms with E-state index in [9.17, 15) is 13.2 Å². The fourth-order valence-electron chi connectivity index (χ4n) is 2.26. The lowest BCUT2D eigenvalue weighted by Crippen LogP contribution is -2.47. The van der Waals surface area contributed by atoms with Gasteiger partial charge in [-0.1, -0.05) is 24.6 Å². The minimum atomic E-state index is -3.79. The summed E-state index contributed by atoms with van der Waals surface area (Å²) in [6.07, 6.45) is 2.64. The molecule has 0 atom stereocenters. The highest BCUT2D eigenvalue weighted by Gasteiger charge is 2.32. The van der Waals surface area contributed by atoms with Crippen molar-refractivity contribution < 1.29 is 18.3 Å². The highest BCUT2D eigenvalue weighted by Crippen LogP contribution is 2.22. The maximum absolute atomic E-state index is 12.6. The Kier molecular flexibility index (Phi) is 4.61. The van der Waals surface area contributed by atoms with Crippen LogP contribution in [-0.4, -0.2) is 43.4 Å². The number of piperidine rings is 1. The molecule has 1 aliphatic rings. The summed E-state index contributed by atoms with van der Waals surface area (Å²) in [6, 6.07) is 8.34. The quantitative estimate of drug-likeness (QED) is 0.889. The first-order chi connectivity index (χ1) is 9.51. The Bertz CT molecular complexity index is 553. The molecular formula is C13H18N2O4S. The van der Waals surface area contributed by atoms with Crippen LogP contribution < -0.4 is 4.31 Å². The number of nitrogens with zero attached hydrogens (tertiary/aromatic N) is 2. The van der Waals surface area contributed by atoms with E-state index in [-0.39, 0.29) is 0 Å². The van der Waals surface area contributed by atoms with Gasteiger partial charge in [-0.25, -0.2) is 4.31 Å². The van der Waals surface area contributed by atoms with Gasteiger partial charge in [0.25, 0.3) is 0 Å². The molecule has 0 amide bonds. The maximum Gasteiger partial charge on any atom is 0.324 e. The first kappa shape index (κ1) is 14.8. The molecule has 0 bridgehead atoms. The summed E-state index contributed by atoms with van der Waals surface area (Å²) in [7, 11) is -3.79. The number of rotatable bonds is 5. The molecule has 2 rings (SSSR count). The van der Waals surface area contributed by atoms with Crippen LogP contribution in [0.15, 0.2) is 30.3 Å². The summed E-state index contributed by atoms with van der Waals surface area (Å²) in [5, 5.41) is 8.98. The monoisotopic (exact) mass is 298 g/mol. The number of carbonyl (C=O) groups is 1. The van der Waals surface area contributed by atoms with E-state index < -0.39 is 22.7 Å². The molecule has 0 spiro atoms. The van der Waals surface area contributed by atoms with Crippen molar-refractivity contribution in [3.63, 3.8) is 0 Å². The summed E-state index contributed by atoms with van der Waals surface area (Å²) in [5.74, 6) is -1.17. The highest BCUT2D eigenvalue weighted by molar-refractivity contribution is 7.90. The Morgan fingerprint density at radius 2 is 1.75 bits per heavy atom. The Balaban J connectivity index is 2.32. The second kappa shape index (κ2) is 6.23. The SMILES string of the molecule is O=C(O)CN(c1ccccc1)S(=O)(=O)N1CCCCC1. The molecule has 1 fully saturated rings. The lowest BCUT2D eigenvalue weighted by molar-refractivity contribution is -0.135. The molecule has 1 aromatic rings. The van der Waals surface area contributed by atoms with Crippen molar-refractivity contribution in [3.05, 3.63) is 30.3 Å². The van der Waals surface area contributed by atoms with E-state index >= 15 is 0 Å². The molecule has 1 aromatic carbocycles. The predicted octanol–water partition coefficient (Wildman–Crippen LogP) is 1.31. The minimum absolute atomic E-state index is 0.375. The number of carboxylic acids is 1. The van der Waals surface area contributed by atoms with Gasteiger partial charge in [0.2, 0.25) is 0 Å². The molecule has 20 heavy (non-hydrogen) atoms. The molecule has 1 aliphatic heterocycles. The second-order valence-electron chi connectivity index (χ2n) is 4.70. The standard InChI is InChI=1S/C13H18N2O4S/c16-13(17)11-15(12-7-3-1-4-8-12)20(18,19)14-9-5-2-6-10-14/h1,3-4,7-8H,2,5-6,9-11H2,(H,16,17). The molecule has 0 radical (unpaired) electrons. The van der Waals surface area contributed by atoms with Gasteiger partial charge in [-0.05, 0) is 25.0 Å². The average Bonchev–Trinajstić information content (AvgIpc) is 2.46. The van der Waals surface area contributed by atoms with Gasteiger partial charge in [-0.2, -0.15) is 12.7 Å². The van der Waals surface area contributed by atoms with Crippen LogP contribution in [0.25, 0.3) is 0 Å². The van der Waals surface area contributed by atoms with E-state index in [1.54, 1.807) is 30.3 Å². The van der Waals surface area contributed by atoms with Gasteiger partial charge in [0, 0.05) is 13.1 Å². The van der Waals surface area contributed by atoms with Gasteiger partial charge < -0.3 is 5.11 Å². The molecule has 1 saturated heterocycles. The van der Waals surface area contributed by atoms with Crippen LogP contribution in [0.3, 0.4) is 0 Å². The summed E-state index contributed by atoms with van der Waals surface area (Å²) >= 11 is 0. The van der Waals surface area contributed by atoms with E-state index in [1.165, 1.54) is 4.31 Å². The lowest BCUT2D eigenvalue weighted by Gasteiger charge is -2.32. The molecule has 110 valence electrons. The van der Waals surface area contributed by atoms with E-state index in [0.717, 1.165) is 23.6 Å². The zero-order valence-electron chi connectivity index (χ0n) is 11.1. The summed E-state index contributed by atoms with van der Waals surface area (Å²) in [5.41, 5.74) is 0.375. The molecule has 1 heterocycles. The maximum atomic E-state index is 12.6. The van der Waals surface area contributed by atoms with Gasteiger partial charge in [0.05, 0.1) is 5.69 Å². The van der Waals surface area contributed by atoms with Gasteiger partial charge in [0.15, 0.2) is 0 Å². The largest absolute Gasteiger partial charge is 0.480 e. The van der Waals surface area contributed by atoms with Crippen LogP contribution >= 0.6 is 0 Å². The first-order valence-electron chi connectivity index (χ1n) is 6.56. The number of para-hydroxylation sites is 1. The Hall–Kier alpha value is -1.60. The molecule has 0 aliphatic carbocycles. The zero-order valence-corrected chi connectivity index (χ0v) is 11.9. The van der Waals surface area contributed by atoms with Crippen molar-refractivity contribution in [1.82, 2.24) is 4.31 Å². The van der Waals surface area contributed by atoms with Crippen LogP contribution in [0.4, 0.5) is 5.69 Å². The molecule has 1 N–H and O–H groups in total. The van der Waals surface area contributed by atoms with Crippen LogP contribution in [0.2, 0.25) is 0 Å². The second-order valence-corrected chi connectivity index (χ2v) is 6.56.